The number of aromatic hydroxyl groups is 1. The molecule has 0 saturated heterocycles. The lowest BCUT2D eigenvalue weighted by molar-refractivity contribution is -0.141. The Morgan fingerprint density at radius 2 is 1.41 bits per heavy atom. The number of carboxylic acids is 1. The molecule has 0 spiro atoms. The van der Waals surface area contributed by atoms with Gasteiger partial charge in [0.05, 0.1) is 6.04 Å². The second kappa shape index (κ2) is 15.4. The van der Waals surface area contributed by atoms with E-state index in [9.17, 15) is 29.4 Å². The van der Waals surface area contributed by atoms with Crippen molar-refractivity contribution in [2.75, 3.05) is 18.1 Å². The maximum atomic E-state index is 13.1. The maximum absolute atomic E-state index is 13.1. The number of aliphatic carboxylic acids is 1. The summed E-state index contributed by atoms with van der Waals surface area (Å²) in [6, 6.07) is 1.66. The first-order chi connectivity index (χ1) is 16.1. The number of thiol groups is 2. The van der Waals surface area contributed by atoms with Gasteiger partial charge in [0.1, 0.15) is 23.9 Å². The fraction of sp³-hybridized carbons (Fsp3) is 0.524. The molecule has 34 heavy (non-hydrogen) atoms. The minimum atomic E-state index is -1.27. The van der Waals surface area contributed by atoms with Crippen LogP contribution in [-0.2, 0) is 25.6 Å². The lowest BCUT2D eigenvalue weighted by Gasteiger charge is -2.25. The Labute approximate surface area is 209 Å². The number of phenols is 1. The van der Waals surface area contributed by atoms with Crippen molar-refractivity contribution in [1.82, 2.24) is 16.0 Å². The van der Waals surface area contributed by atoms with Gasteiger partial charge in [-0.05, 0) is 43.5 Å². The fourth-order valence-electron chi connectivity index (χ4n) is 2.93. The lowest BCUT2D eigenvalue weighted by Crippen LogP contribution is -2.58. The molecule has 0 heterocycles. The second-order valence-electron chi connectivity index (χ2n) is 7.65. The predicted octanol–water partition coefficient (Wildman–Crippen LogP) is -1.21. The molecule has 0 saturated carbocycles. The van der Waals surface area contributed by atoms with E-state index in [4.69, 9.17) is 11.5 Å². The number of hydrogen-bond donors (Lipinski definition) is 9. The number of rotatable bonds is 15. The van der Waals surface area contributed by atoms with Crippen molar-refractivity contribution >= 4 is 48.9 Å². The van der Waals surface area contributed by atoms with Crippen molar-refractivity contribution in [2.24, 2.45) is 11.5 Å². The van der Waals surface area contributed by atoms with E-state index < -0.39 is 47.9 Å². The number of amides is 3. The normalized spacial score (nSPS) is 14.4. The first-order valence-electron chi connectivity index (χ1n) is 10.7. The Balaban J connectivity index is 3.09. The van der Waals surface area contributed by atoms with E-state index in [2.05, 4.69) is 41.2 Å². The van der Waals surface area contributed by atoms with Crippen molar-refractivity contribution in [3.63, 3.8) is 0 Å². The molecule has 3 amide bonds. The molecule has 0 radical (unpaired) electrons. The zero-order chi connectivity index (χ0) is 25.7. The first-order valence-corrected chi connectivity index (χ1v) is 12.0. The van der Waals surface area contributed by atoms with Gasteiger partial charge in [-0.25, -0.2) is 4.79 Å². The van der Waals surface area contributed by atoms with E-state index in [0.717, 1.165) is 0 Å². The minimum absolute atomic E-state index is 0.0103. The molecule has 1 rings (SSSR count). The molecule has 190 valence electrons. The summed E-state index contributed by atoms with van der Waals surface area (Å²) in [4.78, 5) is 49.5. The van der Waals surface area contributed by atoms with Gasteiger partial charge in [0.2, 0.25) is 17.7 Å². The summed E-state index contributed by atoms with van der Waals surface area (Å²) in [5.74, 6) is -3.25. The average Bonchev–Trinajstić information content (AvgIpc) is 2.81. The molecule has 1 aromatic carbocycles. The monoisotopic (exact) mass is 515 g/mol. The number of carboxylic acid groups (broad SMARTS) is 1. The largest absolute Gasteiger partial charge is 0.508 e. The highest BCUT2D eigenvalue weighted by Gasteiger charge is 2.30. The quantitative estimate of drug-likeness (QED) is 0.102. The van der Waals surface area contributed by atoms with E-state index in [1.807, 2.05) is 0 Å². The fourth-order valence-corrected chi connectivity index (χ4v) is 3.34. The second-order valence-corrected chi connectivity index (χ2v) is 8.38. The highest BCUT2D eigenvalue weighted by Crippen LogP contribution is 2.12. The number of hydrogen-bond acceptors (Lipinski definition) is 9. The summed E-state index contributed by atoms with van der Waals surface area (Å²) in [6.07, 6.45) is 1.44. The molecule has 4 atom stereocenters. The van der Waals surface area contributed by atoms with Crippen LogP contribution in [-0.4, -0.2) is 76.1 Å². The van der Waals surface area contributed by atoms with E-state index in [1.54, 1.807) is 12.1 Å². The van der Waals surface area contributed by atoms with Crippen LogP contribution in [0, 0.1) is 0 Å². The third kappa shape index (κ3) is 10.2. The van der Waals surface area contributed by atoms with Gasteiger partial charge < -0.3 is 37.6 Å². The molecule has 0 aromatic heterocycles. The van der Waals surface area contributed by atoms with Crippen LogP contribution < -0.4 is 27.4 Å². The topological polar surface area (TPSA) is 197 Å². The molecule has 0 aliphatic heterocycles. The minimum Gasteiger partial charge on any atom is -0.508 e. The van der Waals surface area contributed by atoms with Crippen LogP contribution in [0.3, 0.4) is 0 Å². The van der Waals surface area contributed by atoms with E-state index >= 15 is 0 Å². The van der Waals surface area contributed by atoms with Crippen LogP contribution in [0.15, 0.2) is 24.3 Å². The van der Waals surface area contributed by atoms with Gasteiger partial charge in [0, 0.05) is 17.9 Å². The van der Waals surface area contributed by atoms with Crippen LogP contribution in [0.25, 0.3) is 0 Å². The number of carbonyl (C=O) groups excluding carboxylic acids is 3. The summed E-state index contributed by atoms with van der Waals surface area (Å²) in [6.45, 7) is 0.407. The van der Waals surface area contributed by atoms with Gasteiger partial charge in [-0.1, -0.05) is 12.1 Å². The molecule has 0 bridgehead atoms. The Morgan fingerprint density at radius 3 is 1.94 bits per heavy atom. The predicted molar refractivity (Wildman–Crippen MR) is 134 cm³/mol. The van der Waals surface area contributed by atoms with E-state index in [0.29, 0.717) is 24.9 Å². The van der Waals surface area contributed by atoms with E-state index in [1.165, 1.54) is 12.1 Å². The summed E-state index contributed by atoms with van der Waals surface area (Å²) in [5, 5.41) is 26.3. The molecule has 0 fully saturated rings. The molecule has 13 heteroatoms. The molecule has 11 nitrogen and oxygen atoms in total. The van der Waals surface area contributed by atoms with E-state index in [-0.39, 0.29) is 30.1 Å². The molecule has 0 aliphatic carbocycles. The van der Waals surface area contributed by atoms with Gasteiger partial charge in [0.15, 0.2) is 0 Å². The summed E-state index contributed by atoms with van der Waals surface area (Å²) < 4.78 is 0. The SMILES string of the molecule is NCCCCC(NC(=O)C(N)CS)C(=O)NC(Cc1ccc(O)cc1)C(=O)NC(CS)C(=O)O. The van der Waals surface area contributed by atoms with Crippen LogP contribution in [0.2, 0.25) is 0 Å². The maximum Gasteiger partial charge on any atom is 0.327 e. The standard InChI is InChI=1S/C21H33N5O6S2/c22-8-2-1-3-15(24-18(28)14(23)10-33)19(29)25-16(9-12-4-6-13(27)7-5-12)20(30)26-17(11-34)21(31)32/h4-7,14-17,27,33-34H,1-3,8-11,22-23H2,(H,24,28)(H,25,29)(H,26,30)(H,31,32). The Bertz CT molecular complexity index is 826. The lowest BCUT2D eigenvalue weighted by atomic mass is 10.0. The average molecular weight is 516 g/mol. The number of carbonyl (C=O) groups is 4. The summed E-state index contributed by atoms with van der Waals surface area (Å²) >= 11 is 7.93. The number of nitrogens with two attached hydrogens (primary N) is 2. The van der Waals surface area contributed by atoms with Crippen LogP contribution in [0.1, 0.15) is 24.8 Å². The van der Waals surface area contributed by atoms with Crippen LogP contribution >= 0.6 is 25.3 Å². The van der Waals surface area contributed by atoms with Gasteiger partial charge >= 0.3 is 5.97 Å². The summed E-state index contributed by atoms with van der Waals surface area (Å²) in [7, 11) is 0. The zero-order valence-corrected chi connectivity index (χ0v) is 20.4. The molecule has 1 aromatic rings. The molecule has 9 N–H and O–H groups in total. The molecular formula is C21H33N5O6S2. The zero-order valence-electron chi connectivity index (χ0n) is 18.6. The summed E-state index contributed by atoms with van der Waals surface area (Å²) in [5.41, 5.74) is 11.8. The number of benzene rings is 1. The van der Waals surface area contributed by atoms with Gasteiger partial charge in [0.25, 0.3) is 0 Å². The smallest absolute Gasteiger partial charge is 0.327 e. The number of unbranched alkanes of at least 4 members (excludes halogenated alkanes) is 1. The Kier molecular flexibility index (Phi) is 13.4. The van der Waals surface area contributed by atoms with Crippen molar-refractivity contribution in [2.45, 2.75) is 49.9 Å². The van der Waals surface area contributed by atoms with Gasteiger partial charge in [-0.15, -0.1) is 0 Å². The van der Waals surface area contributed by atoms with Crippen molar-refractivity contribution in [1.29, 1.82) is 0 Å². The molecular weight excluding hydrogens is 482 g/mol. The third-order valence-electron chi connectivity index (χ3n) is 4.92. The van der Waals surface area contributed by atoms with Crippen molar-refractivity contribution < 1.29 is 29.4 Å². The van der Waals surface area contributed by atoms with Crippen molar-refractivity contribution in [3.05, 3.63) is 29.8 Å². The highest BCUT2D eigenvalue weighted by atomic mass is 32.1. The van der Waals surface area contributed by atoms with Gasteiger partial charge in [-0.3, -0.25) is 14.4 Å². The van der Waals surface area contributed by atoms with Crippen molar-refractivity contribution in [3.8, 4) is 5.75 Å². The van der Waals surface area contributed by atoms with Crippen LogP contribution in [0.4, 0.5) is 0 Å². The number of phenolic OH excluding ortho intramolecular Hbond substituents is 1. The Hall–Kier alpha value is -2.48. The van der Waals surface area contributed by atoms with Crippen LogP contribution in [0.5, 0.6) is 5.75 Å². The Morgan fingerprint density at radius 1 is 0.853 bits per heavy atom. The molecule has 0 aliphatic rings. The molecule has 4 unspecified atom stereocenters. The highest BCUT2D eigenvalue weighted by molar-refractivity contribution is 7.80. The first kappa shape index (κ1) is 29.6. The number of nitrogens with one attached hydrogen (secondary N) is 3. The third-order valence-corrected chi connectivity index (χ3v) is 5.68. The van der Waals surface area contributed by atoms with Gasteiger partial charge in [-0.2, -0.15) is 25.3 Å².